The van der Waals surface area contributed by atoms with Gasteiger partial charge in [-0.3, -0.25) is 19.7 Å². The lowest BCUT2D eigenvalue weighted by molar-refractivity contribution is -0.144. The molecule has 0 aliphatic carbocycles. The summed E-state index contributed by atoms with van der Waals surface area (Å²) >= 11 is 1.68. The van der Waals surface area contributed by atoms with Crippen molar-refractivity contribution in [3.8, 4) is 0 Å². The molecule has 3 aromatic rings. The molecule has 0 radical (unpaired) electrons. The summed E-state index contributed by atoms with van der Waals surface area (Å²) in [6, 6.07) is 7.57. The largest absolute Gasteiger partial charge is 0.465 e. The van der Waals surface area contributed by atoms with E-state index in [9.17, 15) is 9.59 Å². The number of thioether (sulfide) groups is 1. The minimum absolute atomic E-state index is 0.0276. The molecule has 11 nitrogen and oxygen atoms in total. The second-order valence-electron chi connectivity index (χ2n) is 7.20. The van der Waals surface area contributed by atoms with Crippen LogP contribution in [0.3, 0.4) is 0 Å². The maximum Gasteiger partial charge on any atom is 0.323 e. The van der Waals surface area contributed by atoms with Crippen LogP contribution in [0.15, 0.2) is 40.3 Å². The number of benzene rings is 1. The molecule has 0 amide bonds. The highest BCUT2D eigenvalue weighted by atomic mass is 32.2. The first-order valence-corrected chi connectivity index (χ1v) is 13.3. The third kappa shape index (κ3) is 7.25. The first kappa shape index (κ1) is 26.1. The number of esters is 1. The number of fused-ring (bicyclic) bond motifs is 1. The molecule has 0 aliphatic rings. The van der Waals surface area contributed by atoms with E-state index in [4.69, 9.17) is 19.7 Å². The molecule has 34 heavy (non-hydrogen) atoms. The summed E-state index contributed by atoms with van der Waals surface area (Å²) in [5.41, 5.74) is 6.89. The summed E-state index contributed by atoms with van der Waals surface area (Å²) in [5, 5.41) is 3.18. The molecule has 0 saturated heterocycles. The number of aromatic nitrogens is 4. The highest BCUT2D eigenvalue weighted by Gasteiger charge is 2.20. The number of hydrogen-bond donors (Lipinski definition) is 3. The van der Waals surface area contributed by atoms with Crippen molar-refractivity contribution in [1.29, 1.82) is 0 Å². The number of ether oxygens (including phenoxy) is 2. The molecule has 0 spiro atoms. The van der Waals surface area contributed by atoms with Crippen LogP contribution in [0.4, 0.5) is 5.95 Å². The Labute approximate surface area is 202 Å². The van der Waals surface area contributed by atoms with Crippen LogP contribution in [0.25, 0.3) is 11.2 Å². The lowest BCUT2D eigenvalue weighted by atomic mass is 10.2. The minimum Gasteiger partial charge on any atom is -0.465 e. The molecule has 184 valence electrons. The van der Waals surface area contributed by atoms with Gasteiger partial charge in [0.2, 0.25) is 5.95 Å². The van der Waals surface area contributed by atoms with Gasteiger partial charge in [-0.25, -0.2) is 4.98 Å². The number of hydrogen-bond acceptors (Lipinski definition) is 10. The fourth-order valence-corrected chi connectivity index (χ4v) is 4.74. The summed E-state index contributed by atoms with van der Waals surface area (Å²) < 4.78 is 18.7. The number of nitrogens with one attached hydrogen (secondary N) is 2. The van der Waals surface area contributed by atoms with Gasteiger partial charge in [0, 0.05) is 11.4 Å². The summed E-state index contributed by atoms with van der Waals surface area (Å²) in [7, 11) is -1.29. The minimum atomic E-state index is -1.29. The van der Waals surface area contributed by atoms with Crippen molar-refractivity contribution in [3.63, 3.8) is 0 Å². The third-order valence-electron chi connectivity index (χ3n) is 4.70. The Kier molecular flexibility index (Phi) is 9.85. The molecule has 2 heterocycles. The highest BCUT2D eigenvalue weighted by Crippen LogP contribution is 2.34. The summed E-state index contributed by atoms with van der Waals surface area (Å²) in [5.74, 6) is -0.318. The summed E-state index contributed by atoms with van der Waals surface area (Å²) in [6.07, 6.45) is 3.80. The van der Waals surface area contributed by atoms with Crippen molar-refractivity contribution in [2.75, 3.05) is 31.6 Å². The molecule has 4 N–H and O–H groups in total. The van der Waals surface area contributed by atoms with Gasteiger partial charge in [-0.05, 0) is 37.8 Å². The van der Waals surface area contributed by atoms with Gasteiger partial charge in [-0.15, -0.1) is 11.8 Å². The van der Waals surface area contributed by atoms with E-state index in [1.807, 2.05) is 30.5 Å². The molecular formula is C21H29N6O5PS. The van der Waals surface area contributed by atoms with Crippen molar-refractivity contribution < 1.29 is 18.8 Å². The lowest BCUT2D eigenvalue weighted by Crippen LogP contribution is -2.33. The fraction of sp³-hybridized carbons (Fsp3) is 0.429. The zero-order valence-corrected chi connectivity index (χ0v) is 21.0. The zero-order valence-electron chi connectivity index (χ0n) is 19.3. The van der Waals surface area contributed by atoms with Crippen LogP contribution in [-0.2, 0) is 31.9 Å². The van der Waals surface area contributed by atoms with E-state index >= 15 is 0 Å². The monoisotopic (exact) mass is 508 g/mol. The van der Waals surface area contributed by atoms with E-state index in [0.717, 1.165) is 5.56 Å². The number of carbonyl (C=O) groups excluding carboxylic acids is 1. The topological polar surface area (TPSA) is 146 Å². The molecule has 0 aliphatic heterocycles. The van der Waals surface area contributed by atoms with E-state index in [1.54, 1.807) is 30.2 Å². The second-order valence-corrected chi connectivity index (χ2v) is 9.61. The summed E-state index contributed by atoms with van der Waals surface area (Å²) in [4.78, 5) is 35.8. The van der Waals surface area contributed by atoms with Crippen LogP contribution in [0, 0.1) is 0 Å². The zero-order chi connectivity index (χ0) is 24.5. The third-order valence-corrected chi connectivity index (χ3v) is 6.98. The fourth-order valence-electron chi connectivity index (χ4n) is 2.97. The highest BCUT2D eigenvalue weighted by molar-refractivity contribution is 7.98. The van der Waals surface area contributed by atoms with E-state index in [-0.39, 0.29) is 29.3 Å². The molecule has 13 heteroatoms. The number of carbonyl (C=O) groups is 1. The number of anilines is 1. The Morgan fingerprint density at radius 2 is 2.12 bits per heavy atom. The van der Waals surface area contributed by atoms with Crippen molar-refractivity contribution >= 4 is 43.1 Å². The number of H-pyrrole nitrogens is 1. The van der Waals surface area contributed by atoms with Crippen molar-refractivity contribution in [3.05, 3.63) is 46.5 Å². The van der Waals surface area contributed by atoms with Gasteiger partial charge in [0.1, 0.15) is 20.7 Å². The van der Waals surface area contributed by atoms with Crippen LogP contribution in [0.5, 0.6) is 0 Å². The maximum absolute atomic E-state index is 12.1. The molecule has 1 aromatic carbocycles. The molecular weight excluding hydrogens is 479 g/mol. The van der Waals surface area contributed by atoms with Crippen LogP contribution in [0.2, 0.25) is 0 Å². The smallest absolute Gasteiger partial charge is 0.323 e. The van der Waals surface area contributed by atoms with Gasteiger partial charge in [-0.1, -0.05) is 12.1 Å². The van der Waals surface area contributed by atoms with Gasteiger partial charge < -0.3 is 24.3 Å². The number of imidazole rings is 1. The second kappa shape index (κ2) is 12.8. The first-order chi connectivity index (χ1) is 16.4. The van der Waals surface area contributed by atoms with E-state index in [1.165, 1.54) is 11.2 Å². The van der Waals surface area contributed by atoms with Crippen LogP contribution in [0.1, 0.15) is 19.4 Å². The normalized spacial score (nSPS) is 13.1. The van der Waals surface area contributed by atoms with Crippen LogP contribution >= 0.6 is 20.1 Å². The van der Waals surface area contributed by atoms with Crippen LogP contribution < -0.4 is 16.4 Å². The Morgan fingerprint density at radius 1 is 1.35 bits per heavy atom. The molecule has 1 unspecified atom stereocenters. The van der Waals surface area contributed by atoms with Gasteiger partial charge in [0.05, 0.1) is 26.1 Å². The molecule has 0 bridgehead atoms. The summed E-state index contributed by atoms with van der Waals surface area (Å²) in [6.45, 7) is 4.92. The van der Waals surface area contributed by atoms with E-state index < -0.39 is 14.3 Å². The quantitative estimate of drug-likeness (QED) is 0.136. The first-order valence-electron chi connectivity index (χ1n) is 10.7. The van der Waals surface area contributed by atoms with Gasteiger partial charge in [-0.2, -0.15) is 4.98 Å². The van der Waals surface area contributed by atoms with Gasteiger partial charge in [0.25, 0.3) is 5.56 Å². The number of nitrogens with two attached hydrogens (primary N) is 1. The Balaban J connectivity index is 1.57. The number of rotatable bonds is 13. The predicted molar refractivity (Wildman–Crippen MR) is 133 cm³/mol. The van der Waals surface area contributed by atoms with E-state index in [2.05, 4.69) is 20.0 Å². The predicted octanol–water partition coefficient (Wildman–Crippen LogP) is 2.47. The van der Waals surface area contributed by atoms with Crippen LogP contribution in [-0.4, -0.2) is 57.3 Å². The SMILES string of the molecule is CCOC(=O)[C@H](C)NP(COCCn1cnc2c(=O)[nH]c(N)nc21)OCc1ccc(SC)cc1. The molecule has 3 rings (SSSR count). The van der Waals surface area contributed by atoms with E-state index in [0.29, 0.717) is 32.0 Å². The molecule has 0 saturated carbocycles. The average Bonchev–Trinajstić information content (AvgIpc) is 3.23. The Bertz CT molecular complexity index is 1140. The van der Waals surface area contributed by atoms with Gasteiger partial charge >= 0.3 is 5.97 Å². The van der Waals surface area contributed by atoms with Crippen molar-refractivity contribution in [2.24, 2.45) is 0 Å². The lowest BCUT2D eigenvalue weighted by Gasteiger charge is -2.22. The standard InChI is InChI=1S/C21H29N6O5PS/c1-4-31-20(29)14(2)26-33(32-11-15-5-7-16(34-3)8-6-15)13-30-10-9-27-12-23-17-18(27)24-21(22)25-19(17)28/h5-8,12,14,26H,4,9-11,13H2,1-3H3,(H3,22,24,25,28)/t14-,33?/m0/s1. The Morgan fingerprint density at radius 3 is 2.82 bits per heavy atom. The molecule has 2 aromatic heterocycles. The maximum atomic E-state index is 12.1. The number of nitrogens with zero attached hydrogens (tertiary/aromatic N) is 3. The Hall–Kier alpha value is -2.50. The number of aromatic amines is 1. The molecule has 2 atom stereocenters. The van der Waals surface area contributed by atoms with Gasteiger partial charge in [0.15, 0.2) is 11.2 Å². The van der Waals surface area contributed by atoms with Crippen molar-refractivity contribution in [2.45, 2.75) is 37.9 Å². The average molecular weight is 509 g/mol. The van der Waals surface area contributed by atoms with Crippen molar-refractivity contribution in [1.82, 2.24) is 24.6 Å². The number of nitrogen functional groups attached to an aromatic ring is 1. The molecule has 0 fully saturated rings.